The van der Waals surface area contributed by atoms with Gasteiger partial charge in [0, 0.05) is 22.5 Å². The molecule has 0 aliphatic carbocycles. The molecule has 5 heteroatoms. The van der Waals surface area contributed by atoms with Crippen molar-refractivity contribution in [3.63, 3.8) is 0 Å². The quantitative estimate of drug-likeness (QED) is 0.560. The predicted octanol–water partition coefficient (Wildman–Crippen LogP) is 5.33. The van der Waals surface area contributed by atoms with Crippen LogP contribution in [0.15, 0.2) is 46.9 Å². The number of rotatable bonds is 7. The van der Waals surface area contributed by atoms with Gasteiger partial charge in [0.15, 0.2) is 11.6 Å². The number of carbonyl (C=O) groups excluding carboxylic acids is 1. The van der Waals surface area contributed by atoms with Gasteiger partial charge in [-0.1, -0.05) is 53.2 Å². The van der Waals surface area contributed by atoms with Crippen LogP contribution in [-0.2, 0) is 10.2 Å². The largest absolute Gasteiger partial charge is 0.307 e. The van der Waals surface area contributed by atoms with E-state index in [9.17, 15) is 13.6 Å². The zero-order valence-corrected chi connectivity index (χ0v) is 17.1. The maximum absolute atomic E-state index is 14.9. The molecule has 0 spiro atoms. The minimum Gasteiger partial charge on any atom is -0.307 e. The van der Waals surface area contributed by atoms with Crippen LogP contribution in [0.2, 0.25) is 0 Å². The number of nitrogens with zero attached hydrogens (tertiary/aromatic N) is 1. The Morgan fingerprint density at radius 2 is 1.81 bits per heavy atom. The summed E-state index contributed by atoms with van der Waals surface area (Å²) in [5.74, 6) is -2.06. The highest BCUT2D eigenvalue weighted by molar-refractivity contribution is 9.10. The molecule has 0 aromatic heterocycles. The molecule has 0 amide bonds. The lowest BCUT2D eigenvalue weighted by molar-refractivity contribution is -0.123. The Hall–Kier alpha value is -1.59. The molecule has 0 radical (unpaired) electrons. The van der Waals surface area contributed by atoms with Gasteiger partial charge in [0.25, 0.3) is 0 Å². The molecule has 0 N–H and O–H groups in total. The number of Topliss-reactive ketones (excluding diaryl/α,β-unsaturated/α-hetero) is 1. The Balaban J connectivity index is 2.85. The van der Waals surface area contributed by atoms with Crippen LogP contribution in [0.1, 0.15) is 37.8 Å². The summed E-state index contributed by atoms with van der Waals surface area (Å²) in [4.78, 5) is 15.2. The fourth-order valence-electron chi connectivity index (χ4n) is 3.33. The summed E-state index contributed by atoms with van der Waals surface area (Å²) in [6.45, 7) is 3.74. The van der Waals surface area contributed by atoms with Crippen molar-refractivity contribution in [2.45, 2.75) is 38.1 Å². The highest BCUT2D eigenvalue weighted by Crippen LogP contribution is 2.42. The van der Waals surface area contributed by atoms with Crippen LogP contribution in [0.25, 0.3) is 0 Å². The van der Waals surface area contributed by atoms with Crippen LogP contribution in [0.4, 0.5) is 8.78 Å². The van der Waals surface area contributed by atoms with E-state index in [-0.39, 0.29) is 23.8 Å². The summed E-state index contributed by atoms with van der Waals surface area (Å²) in [6, 6.07) is 11.7. The summed E-state index contributed by atoms with van der Waals surface area (Å²) in [7, 11) is 3.82. The molecular formula is C21H24BrF2NO. The zero-order chi connectivity index (χ0) is 19.5. The van der Waals surface area contributed by atoms with Crippen LogP contribution in [0.5, 0.6) is 0 Å². The van der Waals surface area contributed by atoms with E-state index in [0.717, 1.165) is 6.07 Å². The van der Waals surface area contributed by atoms with Crippen molar-refractivity contribution in [1.82, 2.24) is 4.90 Å². The molecular weight excluding hydrogens is 400 g/mol. The van der Waals surface area contributed by atoms with E-state index >= 15 is 0 Å². The van der Waals surface area contributed by atoms with E-state index in [0.29, 0.717) is 16.5 Å². The monoisotopic (exact) mass is 423 g/mol. The third-order valence-electron chi connectivity index (χ3n) is 5.00. The fraction of sp³-hybridized carbons (Fsp3) is 0.381. The van der Waals surface area contributed by atoms with Crippen molar-refractivity contribution in [3.05, 3.63) is 69.7 Å². The Bertz CT molecular complexity index is 779. The molecule has 140 valence electrons. The third-order valence-corrected chi connectivity index (χ3v) is 5.46. The smallest absolute Gasteiger partial charge is 0.163 e. The van der Waals surface area contributed by atoms with Crippen LogP contribution in [0, 0.1) is 11.6 Å². The second-order valence-electron chi connectivity index (χ2n) is 6.81. The normalized spacial score (nSPS) is 14.9. The Morgan fingerprint density at radius 3 is 2.35 bits per heavy atom. The summed E-state index contributed by atoms with van der Waals surface area (Å²) in [5, 5.41) is 0. The maximum Gasteiger partial charge on any atom is 0.163 e. The highest BCUT2D eigenvalue weighted by atomic mass is 79.9. The van der Waals surface area contributed by atoms with Gasteiger partial charge in [-0.3, -0.25) is 4.79 Å². The Morgan fingerprint density at radius 1 is 1.19 bits per heavy atom. The summed E-state index contributed by atoms with van der Waals surface area (Å²) in [6.07, 6.45) is 0.576. The number of carbonyl (C=O) groups is 1. The number of halogens is 3. The van der Waals surface area contributed by atoms with E-state index in [1.54, 1.807) is 6.92 Å². The van der Waals surface area contributed by atoms with Gasteiger partial charge in [-0.2, -0.15) is 0 Å². The maximum atomic E-state index is 14.9. The third kappa shape index (κ3) is 3.89. The molecule has 26 heavy (non-hydrogen) atoms. The van der Waals surface area contributed by atoms with Gasteiger partial charge in [-0.05, 0) is 45.1 Å². The zero-order valence-electron chi connectivity index (χ0n) is 15.5. The van der Waals surface area contributed by atoms with Gasteiger partial charge >= 0.3 is 0 Å². The Labute approximate surface area is 162 Å². The number of benzene rings is 2. The van der Waals surface area contributed by atoms with Crippen LogP contribution < -0.4 is 0 Å². The van der Waals surface area contributed by atoms with E-state index < -0.39 is 17.0 Å². The molecule has 2 rings (SSSR count). The summed E-state index contributed by atoms with van der Waals surface area (Å²) < 4.78 is 29.6. The molecule has 0 fully saturated rings. The predicted molar refractivity (Wildman–Crippen MR) is 104 cm³/mol. The molecule has 0 bridgehead atoms. The molecule has 2 nitrogen and oxygen atoms in total. The molecule has 0 heterocycles. The van der Waals surface area contributed by atoms with Gasteiger partial charge < -0.3 is 4.90 Å². The standard InChI is InChI=1S/C21H24BrF2NO/c1-5-19(26)21(13-14(2)25(3)4,15-9-7-6-8-10-15)17-11-16(22)12-18(23)20(17)24/h6-12,14H,5,13H2,1-4H3/t14-,21-/m0/s1. The van der Waals surface area contributed by atoms with Gasteiger partial charge in [-0.15, -0.1) is 0 Å². The topological polar surface area (TPSA) is 20.3 Å². The first-order valence-electron chi connectivity index (χ1n) is 8.64. The molecule has 2 aromatic carbocycles. The fourth-order valence-corrected chi connectivity index (χ4v) is 3.75. The molecule has 0 aliphatic rings. The number of ketones is 1. The van der Waals surface area contributed by atoms with Gasteiger partial charge in [0.1, 0.15) is 5.78 Å². The first-order valence-corrected chi connectivity index (χ1v) is 9.43. The first kappa shape index (κ1) is 20.7. The molecule has 2 atom stereocenters. The second-order valence-corrected chi connectivity index (χ2v) is 7.73. The van der Waals surface area contributed by atoms with E-state index in [1.807, 2.05) is 56.3 Å². The minimum atomic E-state index is -1.26. The van der Waals surface area contributed by atoms with Crippen molar-refractivity contribution in [1.29, 1.82) is 0 Å². The van der Waals surface area contributed by atoms with Crippen LogP contribution in [-0.4, -0.2) is 30.8 Å². The van der Waals surface area contributed by atoms with Crippen molar-refractivity contribution in [3.8, 4) is 0 Å². The Kier molecular flexibility index (Phi) is 6.69. The lowest BCUT2D eigenvalue weighted by Gasteiger charge is -2.38. The van der Waals surface area contributed by atoms with Crippen molar-refractivity contribution >= 4 is 21.7 Å². The summed E-state index contributed by atoms with van der Waals surface area (Å²) >= 11 is 3.25. The molecule has 2 aromatic rings. The minimum absolute atomic E-state index is 0.0212. The number of hydrogen-bond donors (Lipinski definition) is 0. The van der Waals surface area contributed by atoms with Gasteiger partial charge in [-0.25, -0.2) is 8.78 Å². The van der Waals surface area contributed by atoms with Crippen molar-refractivity contribution in [2.75, 3.05) is 14.1 Å². The lowest BCUT2D eigenvalue weighted by Crippen LogP contribution is -2.43. The molecule has 0 aliphatic heterocycles. The molecule has 0 unspecified atom stereocenters. The summed E-state index contributed by atoms with van der Waals surface area (Å²) in [5.41, 5.74) is -0.498. The lowest BCUT2D eigenvalue weighted by atomic mass is 9.66. The highest BCUT2D eigenvalue weighted by Gasteiger charge is 2.44. The molecule has 0 saturated carbocycles. The van der Waals surface area contributed by atoms with E-state index in [1.165, 1.54) is 6.07 Å². The van der Waals surface area contributed by atoms with Crippen LogP contribution in [0.3, 0.4) is 0 Å². The average molecular weight is 424 g/mol. The van der Waals surface area contributed by atoms with Gasteiger partial charge in [0.2, 0.25) is 0 Å². The second kappa shape index (κ2) is 8.40. The SMILES string of the molecule is CCC(=O)[C@@](C[C@H](C)N(C)C)(c1ccccc1)c1cc(Br)cc(F)c1F. The van der Waals surface area contributed by atoms with E-state index in [2.05, 4.69) is 15.9 Å². The first-order chi connectivity index (χ1) is 12.2. The van der Waals surface area contributed by atoms with Crippen molar-refractivity contribution in [2.24, 2.45) is 0 Å². The van der Waals surface area contributed by atoms with Gasteiger partial charge in [0.05, 0.1) is 5.41 Å². The number of hydrogen-bond acceptors (Lipinski definition) is 2. The van der Waals surface area contributed by atoms with Crippen LogP contribution >= 0.6 is 15.9 Å². The average Bonchev–Trinajstić information content (AvgIpc) is 2.62. The van der Waals surface area contributed by atoms with E-state index in [4.69, 9.17) is 0 Å². The molecule has 0 saturated heterocycles. The van der Waals surface area contributed by atoms with Crippen molar-refractivity contribution < 1.29 is 13.6 Å².